The highest BCUT2D eigenvalue weighted by atomic mass is 35.5. The minimum absolute atomic E-state index is 0.0229. The molecule has 0 radical (unpaired) electrons. The molecular formula is C18H21ClN2O3S2. The maximum Gasteiger partial charge on any atom is 0.294 e. The van der Waals surface area contributed by atoms with Crippen LogP contribution in [-0.4, -0.2) is 41.9 Å². The largest absolute Gasteiger partial charge is 0.349 e. The summed E-state index contributed by atoms with van der Waals surface area (Å²) >= 11 is 7.90. The molecule has 2 aromatic rings. The van der Waals surface area contributed by atoms with Crippen LogP contribution in [0.1, 0.15) is 16.5 Å². The van der Waals surface area contributed by atoms with Crippen LogP contribution >= 0.6 is 23.4 Å². The Hall–Kier alpha value is -1.54. The van der Waals surface area contributed by atoms with Gasteiger partial charge in [0.1, 0.15) is 0 Å². The van der Waals surface area contributed by atoms with E-state index in [1.54, 1.807) is 23.9 Å². The summed E-state index contributed by atoms with van der Waals surface area (Å²) in [6.07, 6.45) is 0. The van der Waals surface area contributed by atoms with Gasteiger partial charge >= 0.3 is 0 Å². The maximum absolute atomic E-state index is 10.5. The van der Waals surface area contributed by atoms with Gasteiger partial charge in [-0.3, -0.25) is 9.96 Å². The first kappa shape index (κ1) is 20.8. The smallest absolute Gasteiger partial charge is 0.294 e. The van der Waals surface area contributed by atoms with E-state index in [-0.39, 0.29) is 10.3 Å². The molecule has 5 nitrogen and oxygen atoms in total. The second kappa shape index (κ2) is 9.41. The van der Waals surface area contributed by atoms with Crippen molar-refractivity contribution in [1.29, 1.82) is 5.41 Å². The Kier molecular flexibility index (Phi) is 7.52. The number of alkyl halides is 1. The third-order valence-electron chi connectivity index (χ3n) is 3.75. The van der Waals surface area contributed by atoms with E-state index in [2.05, 4.69) is 0 Å². The van der Waals surface area contributed by atoms with E-state index in [1.807, 2.05) is 42.2 Å². The molecule has 1 aliphatic rings. The van der Waals surface area contributed by atoms with E-state index >= 15 is 0 Å². The topological polar surface area (TPSA) is 81.5 Å². The molecule has 0 amide bonds. The number of thioether (sulfide) groups is 1. The predicted molar refractivity (Wildman–Crippen MR) is 108 cm³/mol. The summed E-state index contributed by atoms with van der Waals surface area (Å²) in [6.45, 7) is 3.52. The van der Waals surface area contributed by atoms with Gasteiger partial charge in [-0.15, -0.1) is 11.6 Å². The van der Waals surface area contributed by atoms with Gasteiger partial charge in [-0.1, -0.05) is 59.8 Å². The highest BCUT2D eigenvalue weighted by Gasteiger charge is 2.21. The number of rotatable bonds is 4. The van der Waals surface area contributed by atoms with Crippen molar-refractivity contribution in [1.82, 2.24) is 4.90 Å². The van der Waals surface area contributed by atoms with Gasteiger partial charge in [0.2, 0.25) is 0 Å². The number of hydrogen-bond donors (Lipinski definition) is 2. The minimum atomic E-state index is -4.02. The fourth-order valence-corrected chi connectivity index (χ4v) is 3.94. The van der Waals surface area contributed by atoms with Gasteiger partial charge < -0.3 is 4.90 Å². The predicted octanol–water partition coefficient (Wildman–Crippen LogP) is 4.19. The standard InChI is InChI=1S/C11H13ClN2S.C7H8O3S/c12-10(9-4-2-1-3-5-9)8-14-6-7-15-11(14)13;1-6-2-4-7(5-3-6)11(8,9)10/h1-5,10,13H,6-8H2;2-5H,1H3,(H,8,9,10). The molecule has 1 unspecified atom stereocenters. The maximum atomic E-state index is 10.5. The Bertz CT molecular complexity index is 827. The van der Waals surface area contributed by atoms with E-state index < -0.39 is 10.1 Å². The average molecular weight is 413 g/mol. The van der Waals surface area contributed by atoms with Gasteiger partial charge in [0.25, 0.3) is 10.1 Å². The quantitative estimate of drug-likeness (QED) is 0.581. The van der Waals surface area contributed by atoms with Gasteiger partial charge in [-0.25, -0.2) is 0 Å². The number of nitrogens with zero attached hydrogens (tertiary/aromatic N) is 1. The zero-order chi connectivity index (χ0) is 19.2. The van der Waals surface area contributed by atoms with Crippen molar-refractivity contribution in [2.45, 2.75) is 17.2 Å². The van der Waals surface area contributed by atoms with Crippen molar-refractivity contribution in [2.24, 2.45) is 0 Å². The fourth-order valence-electron chi connectivity index (χ4n) is 2.29. The lowest BCUT2D eigenvalue weighted by Gasteiger charge is -2.20. The van der Waals surface area contributed by atoms with Crippen LogP contribution in [0.25, 0.3) is 0 Å². The number of aryl methyl sites for hydroxylation is 1. The Morgan fingerprint density at radius 2 is 1.81 bits per heavy atom. The van der Waals surface area contributed by atoms with Crippen molar-refractivity contribution in [3.05, 3.63) is 65.7 Å². The first-order valence-electron chi connectivity index (χ1n) is 7.97. The molecule has 1 fully saturated rings. The summed E-state index contributed by atoms with van der Waals surface area (Å²) in [5, 5.41) is 8.32. The zero-order valence-electron chi connectivity index (χ0n) is 14.3. The van der Waals surface area contributed by atoms with E-state index in [9.17, 15) is 8.42 Å². The molecule has 0 spiro atoms. The van der Waals surface area contributed by atoms with Gasteiger partial charge in [0, 0.05) is 18.8 Å². The molecule has 1 atom stereocenters. The van der Waals surface area contributed by atoms with Crippen LogP contribution < -0.4 is 0 Å². The first-order valence-corrected chi connectivity index (χ1v) is 10.8. The summed E-state index contributed by atoms with van der Waals surface area (Å²) in [7, 11) is -4.02. The normalized spacial score (nSPS) is 15.3. The SMILES string of the molecule is Cc1ccc(S(=O)(=O)O)cc1.N=C1SCCN1CC(Cl)c1ccccc1. The monoisotopic (exact) mass is 412 g/mol. The van der Waals surface area contributed by atoms with Crippen LogP contribution in [0.2, 0.25) is 0 Å². The van der Waals surface area contributed by atoms with Crippen LogP contribution in [0.15, 0.2) is 59.5 Å². The Labute approximate surface area is 163 Å². The van der Waals surface area contributed by atoms with Crippen molar-refractivity contribution >= 4 is 38.6 Å². The van der Waals surface area contributed by atoms with Crippen molar-refractivity contribution < 1.29 is 13.0 Å². The van der Waals surface area contributed by atoms with Crippen molar-refractivity contribution in [3.8, 4) is 0 Å². The third kappa shape index (κ3) is 6.32. The molecule has 0 aliphatic carbocycles. The third-order valence-corrected chi connectivity index (χ3v) is 5.92. The first-order chi connectivity index (χ1) is 12.3. The molecule has 0 aromatic heterocycles. The molecule has 8 heteroatoms. The molecule has 1 aliphatic heterocycles. The highest BCUT2D eigenvalue weighted by molar-refractivity contribution is 8.14. The molecule has 1 heterocycles. The molecule has 2 aromatic carbocycles. The lowest BCUT2D eigenvalue weighted by molar-refractivity contribution is 0.457. The summed E-state index contributed by atoms with van der Waals surface area (Å²) in [4.78, 5) is 1.97. The Morgan fingerprint density at radius 1 is 1.19 bits per heavy atom. The minimum Gasteiger partial charge on any atom is -0.349 e. The molecule has 1 saturated heterocycles. The number of benzene rings is 2. The molecular weight excluding hydrogens is 392 g/mol. The lowest BCUT2D eigenvalue weighted by Crippen LogP contribution is -2.27. The number of hydrogen-bond acceptors (Lipinski definition) is 4. The summed E-state index contributed by atoms with van der Waals surface area (Å²) in [5.41, 5.74) is 2.08. The van der Waals surface area contributed by atoms with E-state index in [1.165, 1.54) is 12.1 Å². The van der Waals surface area contributed by atoms with Gasteiger partial charge in [-0.05, 0) is 24.6 Å². The summed E-state index contributed by atoms with van der Waals surface area (Å²) in [5.74, 6) is 1.01. The van der Waals surface area contributed by atoms with Gasteiger partial charge in [-0.2, -0.15) is 8.42 Å². The van der Waals surface area contributed by atoms with E-state index in [0.717, 1.165) is 30.0 Å². The molecule has 0 bridgehead atoms. The summed E-state index contributed by atoms with van der Waals surface area (Å²) in [6, 6.07) is 16.0. The molecule has 2 N–H and O–H groups in total. The molecule has 26 heavy (non-hydrogen) atoms. The molecule has 140 valence electrons. The van der Waals surface area contributed by atoms with Crippen LogP contribution in [0.4, 0.5) is 0 Å². The van der Waals surface area contributed by atoms with Crippen LogP contribution in [0, 0.1) is 12.3 Å². The number of amidine groups is 1. The Balaban J connectivity index is 0.000000197. The fraction of sp³-hybridized carbons (Fsp3) is 0.278. The highest BCUT2D eigenvalue weighted by Crippen LogP contribution is 2.25. The molecule has 3 rings (SSSR count). The van der Waals surface area contributed by atoms with Crippen LogP contribution in [0.5, 0.6) is 0 Å². The van der Waals surface area contributed by atoms with Crippen molar-refractivity contribution in [2.75, 3.05) is 18.8 Å². The van der Waals surface area contributed by atoms with E-state index in [4.69, 9.17) is 21.6 Å². The summed E-state index contributed by atoms with van der Waals surface area (Å²) < 4.78 is 29.6. The lowest BCUT2D eigenvalue weighted by atomic mass is 10.1. The van der Waals surface area contributed by atoms with Gasteiger partial charge in [0.05, 0.1) is 10.3 Å². The number of nitrogens with one attached hydrogen (secondary N) is 1. The van der Waals surface area contributed by atoms with E-state index in [0.29, 0.717) is 5.17 Å². The second-order valence-corrected chi connectivity index (χ2v) is 8.80. The molecule has 0 saturated carbocycles. The zero-order valence-corrected chi connectivity index (χ0v) is 16.7. The van der Waals surface area contributed by atoms with Crippen molar-refractivity contribution in [3.63, 3.8) is 0 Å². The number of halogens is 1. The van der Waals surface area contributed by atoms with Gasteiger partial charge in [0.15, 0.2) is 5.17 Å². The van der Waals surface area contributed by atoms with Crippen LogP contribution in [-0.2, 0) is 10.1 Å². The van der Waals surface area contributed by atoms with Crippen LogP contribution in [0.3, 0.4) is 0 Å². The Morgan fingerprint density at radius 3 is 2.31 bits per heavy atom. The average Bonchev–Trinajstić information content (AvgIpc) is 3.01. The second-order valence-electron chi connectivity index (χ2n) is 5.77.